The number of hydrogen-bond acceptors (Lipinski definition) is 6. The molecule has 36 heavy (non-hydrogen) atoms. The summed E-state index contributed by atoms with van der Waals surface area (Å²) >= 11 is 0. The number of carboxylic acid groups (broad SMARTS) is 2. The molecule has 2 aliphatic rings. The maximum atomic E-state index is 12.3. The molecule has 0 fully saturated rings. The van der Waals surface area contributed by atoms with Crippen LogP contribution in [0.1, 0.15) is 50.7 Å². The summed E-state index contributed by atoms with van der Waals surface area (Å²) in [5.74, 6) is -0.617. The van der Waals surface area contributed by atoms with Gasteiger partial charge >= 0.3 is 18.0 Å². The molecule has 0 bridgehead atoms. The number of nitrogens with zero attached hydrogens (tertiary/aromatic N) is 2. The molecule has 2 aromatic carbocycles. The molecular formula is C26H33N5O5. The van der Waals surface area contributed by atoms with Gasteiger partial charge in [0, 0.05) is 48.6 Å². The third-order valence-corrected chi connectivity index (χ3v) is 5.00. The van der Waals surface area contributed by atoms with E-state index in [4.69, 9.17) is 10.2 Å². The first kappa shape index (κ1) is 28.0. The molecule has 0 unspecified atom stereocenters. The molecule has 2 aliphatic heterocycles. The number of carbonyl (C=O) groups excluding carboxylic acids is 1. The molecule has 0 spiro atoms. The summed E-state index contributed by atoms with van der Waals surface area (Å²) in [4.78, 5) is 40.0. The van der Waals surface area contributed by atoms with Crippen LogP contribution in [0.25, 0.3) is 0 Å². The molecule has 0 aromatic heterocycles. The number of urea groups is 1. The average molecular weight is 496 g/mol. The fourth-order valence-corrected chi connectivity index (χ4v) is 3.18. The van der Waals surface area contributed by atoms with E-state index in [2.05, 4.69) is 25.9 Å². The number of amides is 2. The van der Waals surface area contributed by atoms with Crippen LogP contribution in [-0.2, 0) is 9.59 Å². The van der Waals surface area contributed by atoms with Crippen molar-refractivity contribution in [2.75, 3.05) is 30.3 Å². The van der Waals surface area contributed by atoms with Crippen LogP contribution >= 0.6 is 0 Å². The topological polar surface area (TPSA) is 152 Å². The molecule has 2 amide bonds. The lowest BCUT2D eigenvalue weighted by Crippen LogP contribution is -2.21. The third kappa shape index (κ3) is 9.96. The van der Waals surface area contributed by atoms with E-state index in [1.165, 1.54) is 0 Å². The molecule has 192 valence electrons. The maximum absolute atomic E-state index is 12.3. The van der Waals surface area contributed by atoms with E-state index in [1.807, 2.05) is 48.5 Å². The van der Waals surface area contributed by atoms with Gasteiger partial charge in [0.2, 0.25) is 0 Å². The van der Waals surface area contributed by atoms with E-state index in [0.29, 0.717) is 0 Å². The van der Waals surface area contributed by atoms with E-state index >= 15 is 0 Å². The third-order valence-electron chi connectivity index (χ3n) is 5.00. The van der Waals surface area contributed by atoms with Crippen LogP contribution in [0.5, 0.6) is 0 Å². The van der Waals surface area contributed by atoms with E-state index in [1.54, 1.807) is 13.8 Å². The Balaban J connectivity index is 0.000000389. The van der Waals surface area contributed by atoms with Gasteiger partial charge in [0.15, 0.2) is 0 Å². The number of amidine groups is 1. The second-order valence-electron chi connectivity index (χ2n) is 7.82. The van der Waals surface area contributed by atoms with Crippen LogP contribution in [0.15, 0.2) is 58.5 Å². The number of rotatable bonds is 6. The van der Waals surface area contributed by atoms with Gasteiger partial charge in [0.25, 0.3) is 0 Å². The van der Waals surface area contributed by atoms with Gasteiger partial charge in [-0.05, 0) is 42.7 Å². The first-order valence-corrected chi connectivity index (χ1v) is 11.9. The predicted octanol–water partition coefficient (Wildman–Crippen LogP) is 4.23. The number of carboxylic acids is 2. The second-order valence-corrected chi connectivity index (χ2v) is 7.82. The minimum absolute atomic E-state index is 0.222. The molecule has 0 saturated heterocycles. The largest absolute Gasteiger partial charge is 0.481 e. The van der Waals surface area contributed by atoms with E-state index < -0.39 is 11.9 Å². The molecule has 10 nitrogen and oxygen atoms in total. The van der Waals surface area contributed by atoms with Crippen LogP contribution in [0.4, 0.5) is 16.2 Å². The number of benzene rings is 2. The van der Waals surface area contributed by atoms with Gasteiger partial charge < -0.3 is 26.2 Å². The molecule has 0 radical (unpaired) electrons. The smallest absolute Gasteiger partial charge is 0.323 e. The highest BCUT2D eigenvalue weighted by atomic mass is 16.4. The Kier molecular flexibility index (Phi) is 11.6. The van der Waals surface area contributed by atoms with Crippen molar-refractivity contribution in [1.82, 2.24) is 5.32 Å². The Hall–Kier alpha value is -4.21. The Morgan fingerprint density at radius 2 is 1.42 bits per heavy atom. The highest BCUT2D eigenvalue weighted by molar-refractivity contribution is 6.05. The molecule has 0 atom stereocenters. The lowest BCUT2D eigenvalue weighted by atomic mass is 10.1. The zero-order valence-corrected chi connectivity index (χ0v) is 20.6. The normalized spacial score (nSPS) is 13.5. The standard InChI is InChI=1S/C20H21N5O.2C3H6O2/c26-20(24-16-6-1-4-14(12-16)18-8-3-9-21-18)25-17-7-2-5-15(13-17)19-22-10-11-23-19;2*1-2-3(4)5/h1-2,4-7,12-13H,3,8-11H2,(H,22,23)(H2,24,25,26);2*2H2,1H3,(H,4,5). The summed E-state index contributed by atoms with van der Waals surface area (Å²) in [5.41, 5.74) is 4.65. The summed E-state index contributed by atoms with van der Waals surface area (Å²) in [6, 6.07) is 15.2. The number of aliphatic imine (C=N–C) groups is 2. The van der Waals surface area contributed by atoms with Crippen LogP contribution in [-0.4, -0.2) is 59.4 Å². The van der Waals surface area contributed by atoms with Crippen molar-refractivity contribution in [3.8, 4) is 0 Å². The maximum Gasteiger partial charge on any atom is 0.323 e. The fourth-order valence-electron chi connectivity index (χ4n) is 3.18. The van der Waals surface area contributed by atoms with Crippen LogP contribution in [0.3, 0.4) is 0 Å². The second kappa shape index (κ2) is 14.9. The van der Waals surface area contributed by atoms with Crippen molar-refractivity contribution in [1.29, 1.82) is 0 Å². The van der Waals surface area contributed by atoms with E-state index in [-0.39, 0.29) is 18.9 Å². The number of anilines is 2. The van der Waals surface area contributed by atoms with Gasteiger partial charge in [-0.15, -0.1) is 0 Å². The highest BCUT2D eigenvalue weighted by Crippen LogP contribution is 2.18. The molecule has 0 aliphatic carbocycles. The first-order valence-electron chi connectivity index (χ1n) is 11.9. The number of hydrogen-bond donors (Lipinski definition) is 5. The molecule has 10 heteroatoms. The van der Waals surface area contributed by atoms with Crippen molar-refractivity contribution in [2.45, 2.75) is 39.5 Å². The Morgan fingerprint density at radius 1 is 0.861 bits per heavy atom. The van der Waals surface area contributed by atoms with Crippen molar-refractivity contribution in [2.24, 2.45) is 9.98 Å². The Bertz CT molecular complexity index is 1030. The van der Waals surface area contributed by atoms with Crippen molar-refractivity contribution >= 4 is 40.9 Å². The zero-order valence-electron chi connectivity index (χ0n) is 20.6. The lowest BCUT2D eigenvalue weighted by Gasteiger charge is -2.10. The quantitative estimate of drug-likeness (QED) is 0.404. The molecular weight excluding hydrogens is 462 g/mol. The van der Waals surface area contributed by atoms with Gasteiger partial charge in [-0.2, -0.15) is 0 Å². The summed E-state index contributed by atoms with van der Waals surface area (Å²) < 4.78 is 0. The zero-order chi connectivity index (χ0) is 26.3. The van der Waals surface area contributed by atoms with Gasteiger partial charge in [0.05, 0.1) is 6.54 Å². The minimum atomic E-state index is -0.745. The van der Waals surface area contributed by atoms with Gasteiger partial charge in [-0.25, -0.2) is 4.79 Å². The van der Waals surface area contributed by atoms with Gasteiger partial charge in [-0.3, -0.25) is 19.6 Å². The van der Waals surface area contributed by atoms with E-state index in [0.717, 1.165) is 66.5 Å². The average Bonchev–Trinajstić information content (AvgIpc) is 3.60. The number of nitrogens with one attached hydrogen (secondary N) is 3. The molecule has 2 heterocycles. The summed E-state index contributed by atoms with van der Waals surface area (Å²) in [7, 11) is 0. The van der Waals surface area contributed by atoms with Crippen molar-refractivity contribution in [3.63, 3.8) is 0 Å². The fraction of sp³-hybridized carbons (Fsp3) is 0.346. The van der Waals surface area contributed by atoms with Gasteiger partial charge in [0.1, 0.15) is 5.84 Å². The number of aliphatic carboxylic acids is 2. The SMILES string of the molecule is CCC(=O)O.CCC(=O)O.O=C(Nc1cccc(C2=NCCC2)c1)Nc1cccc(C2=NCCN2)c1. The molecule has 4 rings (SSSR count). The van der Waals surface area contributed by atoms with Gasteiger partial charge in [-0.1, -0.05) is 38.1 Å². The number of carbonyl (C=O) groups is 3. The summed E-state index contributed by atoms with van der Waals surface area (Å²) in [6.07, 6.45) is 2.55. The van der Waals surface area contributed by atoms with E-state index in [9.17, 15) is 14.4 Å². The molecule has 2 aromatic rings. The first-order chi connectivity index (χ1) is 17.3. The van der Waals surface area contributed by atoms with Crippen LogP contribution < -0.4 is 16.0 Å². The minimum Gasteiger partial charge on any atom is -0.481 e. The highest BCUT2D eigenvalue weighted by Gasteiger charge is 2.11. The van der Waals surface area contributed by atoms with Crippen molar-refractivity contribution in [3.05, 3.63) is 59.7 Å². The predicted molar refractivity (Wildman–Crippen MR) is 141 cm³/mol. The summed E-state index contributed by atoms with van der Waals surface area (Å²) in [6.45, 7) is 5.73. The van der Waals surface area contributed by atoms with Crippen LogP contribution in [0, 0.1) is 0 Å². The monoisotopic (exact) mass is 495 g/mol. The van der Waals surface area contributed by atoms with Crippen LogP contribution in [0.2, 0.25) is 0 Å². The van der Waals surface area contributed by atoms with Crippen molar-refractivity contribution < 1.29 is 24.6 Å². The molecule has 0 saturated carbocycles. The summed E-state index contributed by atoms with van der Waals surface area (Å²) in [5, 5.41) is 24.5. The lowest BCUT2D eigenvalue weighted by molar-refractivity contribution is -0.137. The molecule has 5 N–H and O–H groups in total. The Morgan fingerprint density at radius 3 is 1.89 bits per heavy atom. The Labute approximate surface area is 210 Å².